The maximum atomic E-state index is 5.36. The van der Waals surface area contributed by atoms with Crippen LogP contribution < -0.4 is 0 Å². The van der Waals surface area contributed by atoms with Crippen LogP contribution in [0.2, 0.25) is 0 Å². The van der Waals surface area contributed by atoms with Crippen LogP contribution in [0, 0.1) is 0 Å². The summed E-state index contributed by atoms with van der Waals surface area (Å²) in [6.45, 7) is 0. The zero-order valence-corrected chi connectivity index (χ0v) is 36.0. The van der Waals surface area contributed by atoms with Gasteiger partial charge in [-0.15, -0.1) is 0 Å². The number of aromatic nitrogens is 3. The molecule has 12 rings (SSSR count). The van der Waals surface area contributed by atoms with Crippen LogP contribution in [0.15, 0.2) is 249 Å². The van der Waals surface area contributed by atoms with E-state index in [-0.39, 0.29) is 0 Å². The first-order valence-electron chi connectivity index (χ1n) is 22.4. The van der Waals surface area contributed by atoms with E-state index >= 15 is 0 Å². The SMILES string of the molecule is c1ccc(-c2cccc(-c3cc(-c4ccc(-c5ccc(-c6cc(-c7ccccc7)c7c(ccc8ccccc87)n6)cc5)c5ccccc45)nc(-c4cccc(-c5ccccc5)c4)n3)c2)cc1. The lowest BCUT2D eigenvalue weighted by atomic mass is 9.92. The van der Waals surface area contributed by atoms with Crippen LogP contribution in [-0.2, 0) is 0 Å². The van der Waals surface area contributed by atoms with E-state index < -0.39 is 0 Å². The van der Waals surface area contributed by atoms with E-state index in [1.165, 1.54) is 32.8 Å². The van der Waals surface area contributed by atoms with Crippen LogP contribution in [0.5, 0.6) is 0 Å². The molecular weight excluding hydrogens is 799 g/mol. The Morgan fingerprint density at radius 2 is 0.712 bits per heavy atom. The van der Waals surface area contributed by atoms with Crippen LogP contribution in [-0.4, -0.2) is 15.0 Å². The van der Waals surface area contributed by atoms with Crippen LogP contribution in [0.3, 0.4) is 0 Å². The monoisotopic (exact) mass is 839 g/mol. The van der Waals surface area contributed by atoms with Gasteiger partial charge < -0.3 is 0 Å². The number of nitrogens with zero attached hydrogens (tertiary/aromatic N) is 3. The molecule has 0 bridgehead atoms. The molecule has 10 aromatic carbocycles. The van der Waals surface area contributed by atoms with Gasteiger partial charge in [0.05, 0.1) is 22.6 Å². The smallest absolute Gasteiger partial charge is 0.160 e. The summed E-state index contributed by atoms with van der Waals surface area (Å²) in [5, 5.41) is 5.88. The summed E-state index contributed by atoms with van der Waals surface area (Å²) < 4.78 is 0. The Labute approximate surface area is 384 Å². The Hall–Kier alpha value is -8.79. The molecule has 308 valence electrons. The minimum atomic E-state index is 0.681. The molecule has 0 unspecified atom stereocenters. The summed E-state index contributed by atoms with van der Waals surface area (Å²) in [6.07, 6.45) is 0. The number of hydrogen-bond acceptors (Lipinski definition) is 3. The highest BCUT2D eigenvalue weighted by Crippen LogP contribution is 2.40. The maximum Gasteiger partial charge on any atom is 0.160 e. The van der Waals surface area contributed by atoms with Gasteiger partial charge in [0.25, 0.3) is 0 Å². The first-order chi connectivity index (χ1) is 32.7. The average Bonchev–Trinajstić information content (AvgIpc) is 3.41. The predicted molar refractivity (Wildman–Crippen MR) is 276 cm³/mol. The van der Waals surface area contributed by atoms with Crippen molar-refractivity contribution in [3.05, 3.63) is 249 Å². The largest absolute Gasteiger partial charge is 0.248 e. The number of hydrogen-bond donors (Lipinski definition) is 0. The van der Waals surface area contributed by atoms with E-state index in [2.05, 4.69) is 243 Å². The molecule has 3 heteroatoms. The second-order valence-corrected chi connectivity index (χ2v) is 16.7. The van der Waals surface area contributed by atoms with Gasteiger partial charge in [0, 0.05) is 27.6 Å². The first kappa shape index (κ1) is 38.9. The van der Waals surface area contributed by atoms with Crippen molar-refractivity contribution in [3.8, 4) is 89.7 Å². The minimum absolute atomic E-state index is 0.681. The highest BCUT2D eigenvalue weighted by molar-refractivity contribution is 6.14. The Bertz CT molecular complexity index is 3630. The van der Waals surface area contributed by atoms with Gasteiger partial charge in [-0.25, -0.2) is 15.0 Å². The van der Waals surface area contributed by atoms with Gasteiger partial charge in [-0.2, -0.15) is 0 Å². The second kappa shape index (κ2) is 16.7. The van der Waals surface area contributed by atoms with E-state index in [0.717, 1.165) is 83.4 Å². The number of pyridine rings is 1. The summed E-state index contributed by atoms with van der Waals surface area (Å²) in [7, 11) is 0. The fourth-order valence-electron chi connectivity index (χ4n) is 9.41. The van der Waals surface area contributed by atoms with Gasteiger partial charge >= 0.3 is 0 Å². The summed E-state index contributed by atoms with van der Waals surface area (Å²) in [6, 6.07) is 88.2. The molecule has 0 atom stereocenters. The van der Waals surface area contributed by atoms with E-state index in [0.29, 0.717) is 5.82 Å². The molecule has 0 aliphatic carbocycles. The lowest BCUT2D eigenvalue weighted by molar-refractivity contribution is 1.18. The van der Waals surface area contributed by atoms with E-state index in [9.17, 15) is 0 Å². The van der Waals surface area contributed by atoms with Crippen molar-refractivity contribution in [2.24, 2.45) is 0 Å². The van der Waals surface area contributed by atoms with Crippen LogP contribution in [0.4, 0.5) is 0 Å². The van der Waals surface area contributed by atoms with Gasteiger partial charge in [0.2, 0.25) is 0 Å². The van der Waals surface area contributed by atoms with Gasteiger partial charge in [-0.1, -0.05) is 218 Å². The minimum Gasteiger partial charge on any atom is -0.248 e. The molecule has 0 aliphatic rings. The van der Waals surface area contributed by atoms with Gasteiger partial charge in [-0.3, -0.25) is 0 Å². The van der Waals surface area contributed by atoms with Crippen molar-refractivity contribution in [3.63, 3.8) is 0 Å². The molecule has 2 aromatic heterocycles. The highest BCUT2D eigenvalue weighted by atomic mass is 14.9. The third-order valence-electron chi connectivity index (χ3n) is 12.7. The molecule has 2 heterocycles. The van der Waals surface area contributed by atoms with Gasteiger partial charge in [0.15, 0.2) is 5.82 Å². The molecule has 0 saturated carbocycles. The normalized spacial score (nSPS) is 11.3. The topological polar surface area (TPSA) is 38.7 Å². The van der Waals surface area contributed by atoms with Crippen molar-refractivity contribution in [1.29, 1.82) is 0 Å². The zero-order chi connectivity index (χ0) is 43.8. The lowest BCUT2D eigenvalue weighted by Gasteiger charge is -2.15. The number of rotatable bonds is 8. The fourth-order valence-corrected chi connectivity index (χ4v) is 9.41. The molecule has 0 fully saturated rings. The molecule has 12 aromatic rings. The molecule has 0 N–H and O–H groups in total. The summed E-state index contributed by atoms with van der Waals surface area (Å²) in [5.41, 5.74) is 17.0. The fraction of sp³-hybridized carbons (Fsp3) is 0. The molecule has 0 saturated heterocycles. The van der Waals surface area contributed by atoms with E-state index in [1.807, 2.05) is 6.07 Å². The highest BCUT2D eigenvalue weighted by Gasteiger charge is 2.17. The number of benzene rings is 10. The Kier molecular flexibility index (Phi) is 9.85. The third-order valence-corrected chi connectivity index (χ3v) is 12.7. The van der Waals surface area contributed by atoms with Gasteiger partial charge in [-0.05, 0) is 96.4 Å². The zero-order valence-electron chi connectivity index (χ0n) is 36.0. The third kappa shape index (κ3) is 7.29. The van der Waals surface area contributed by atoms with Crippen molar-refractivity contribution in [2.45, 2.75) is 0 Å². The molecule has 0 spiro atoms. The molecule has 0 aliphatic heterocycles. The van der Waals surface area contributed by atoms with Crippen LogP contribution in [0.1, 0.15) is 0 Å². The number of fused-ring (bicyclic) bond motifs is 4. The standard InChI is InChI=1S/C63H41N3/c1-4-16-42(17-5-1)48-23-14-25-50(38-48)60-41-61(66-63(65-60)51-26-15-24-49(39-51)43-18-6-2-7-19-43)56-36-35-52(54-28-12-13-29-55(54)56)46-30-32-47(33-31-46)59-40-57(44-20-8-3-9-21-44)62-53-27-11-10-22-45(53)34-37-58(62)64-59/h1-41H. The molecule has 0 radical (unpaired) electrons. The van der Waals surface area contributed by atoms with E-state index in [1.54, 1.807) is 0 Å². The quantitative estimate of drug-likeness (QED) is 0.143. The average molecular weight is 840 g/mol. The molecule has 66 heavy (non-hydrogen) atoms. The lowest BCUT2D eigenvalue weighted by Crippen LogP contribution is -1.97. The maximum absolute atomic E-state index is 5.36. The molecule has 0 amide bonds. The Morgan fingerprint density at radius 1 is 0.227 bits per heavy atom. The first-order valence-corrected chi connectivity index (χ1v) is 22.4. The van der Waals surface area contributed by atoms with E-state index in [4.69, 9.17) is 15.0 Å². The van der Waals surface area contributed by atoms with Crippen LogP contribution in [0.25, 0.3) is 122 Å². The molecular formula is C63H41N3. The summed E-state index contributed by atoms with van der Waals surface area (Å²) in [4.78, 5) is 15.9. The summed E-state index contributed by atoms with van der Waals surface area (Å²) >= 11 is 0. The van der Waals surface area contributed by atoms with Crippen molar-refractivity contribution < 1.29 is 0 Å². The predicted octanol–water partition coefficient (Wildman–Crippen LogP) is 16.7. The second-order valence-electron chi connectivity index (χ2n) is 16.7. The summed E-state index contributed by atoms with van der Waals surface area (Å²) in [5.74, 6) is 0.681. The van der Waals surface area contributed by atoms with Gasteiger partial charge in [0.1, 0.15) is 0 Å². The van der Waals surface area contributed by atoms with Crippen molar-refractivity contribution in [2.75, 3.05) is 0 Å². The van der Waals surface area contributed by atoms with Crippen LogP contribution >= 0.6 is 0 Å². The molecule has 3 nitrogen and oxygen atoms in total. The Morgan fingerprint density at radius 3 is 1.41 bits per heavy atom. The van der Waals surface area contributed by atoms with Crippen molar-refractivity contribution in [1.82, 2.24) is 15.0 Å². The Balaban J connectivity index is 0.962. The van der Waals surface area contributed by atoms with Crippen molar-refractivity contribution >= 4 is 32.4 Å².